The summed E-state index contributed by atoms with van der Waals surface area (Å²) in [6.45, 7) is 0. The fourth-order valence-corrected chi connectivity index (χ4v) is 3.58. The molecule has 1 aliphatic heterocycles. The number of hydroxylamine groups is 1. The van der Waals surface area contributed by atoms with Gasteiger partial charge in [-0.15, -0.1) is 23.4 Å². The van der Waals surface area contributed by atoms with Gasteiger partial charge in [0.1, 0.15) is 17.1 Å². The van der Waals surface area contributed by atoms with E-state index in [0.717, 1.165) is 11.1 Å². The number of nitrogens with zero attached hydrogens (tertiary/aromatic N) is 3. The largest absolute Gasteiger partial charge is 0.573 e. The second kappa shape index (κ2) is 6.73. The third-order valence-electron chi connectivity index (χ3n) is 4.78. The molecular formula is C19H13F3N4O4. The van der Waals surface area contributed by atoms with E-state index in [0.29, 0.717) is 35.9 Å². The molecule has 2 aliphatic rings. The fraction of sp³-hybridized carbons (Fsp3) is 0.211. The maximum atomic E-state index is 12.5. The predicted molar refractivity (Wildman–Crippen MR) is 93.6 cm³/mol. The molecule has 11 heteroatoms. The Balaban J connectivity index is 1.37. The maximum Gasteiger partial charge on any atom is 0.573 e. The third kappa shape index (κ3) is 3.43. The van der Waals surface area contributed by atoms with Gasteiger partial charge < -0.3 is 13.9 Å². The molecule has 1 atom stereocenters. The molecule has 0 saturated heterocycles. The Morgan fingerprint density at radius 1 is 1.13 bits per heavy atom. The van der Waals surface area contributed by atoms with Crippen LogP contribution in [-0.2, 0) is 16.9 Å². The number of alkyl halides is 3. The molecule has 0 amide bonds. The van der Waals surface area contributed by atoms with E-state index < -0.39 is 12.0 Å². The van der Waals surface area contributed by atoms with Crippen LogP contribution in [0.2, 0.25) is 0 Å². The second-order valence-corrected chi connectivity index (χ2v) is 6.72. The van der Waals surface area contributed by atoms with Gasteiger partial charge in [0, 0.05) is 12.3 Å². The first-order chi connectivity index (χ1) is 14.4. The first kappa shape index (κ1) is 18.4. The first-order valence-electron chi connectivity index (χ1n) is 8.86. The van der Waals surface area contributed by atoms with E-state index in [-0.39, 0.29) is 5.75 Å². The van der Waals surface area contributed by atoms with Crippen molar-refractivity contribution in [2.24, 2.45) is 0 Å². The average Bonchev–Trinajstić information content (AvgIpc) is 3.43. The number of halogens is 3. The summed E-state index contributed by atoms with van der Waals surface area (Å²) in [4.78, 5) is 9.86. The Labute approximate surface area is 167 Å². The van der Waals surface area contributed by atoms with E-state index in [1.54, 1.807) is 24.4 Å². The summed E-state index contributed by atoms with van der Waals surface area (Å²) >= 11 is 0. The number of aromatic nitrogens is 3. The van der Waals surface area contributed by atoms with Crippen molar-refractivity contribution < 1.29 is 31.9 Å². The van der Waals surface area contributed by atoms with Crippen LogP contribution in [0.25, 0.3) is 11.5 Å². The number of benzene rings is 1. The number of aryl methyl sites for hydroxylation is 1. The van der Waals surface area contributed by atoms with E-state index in [1.807, 2.05) is 0 Å². The smallest absolute Gasteiger partial charge is 0.438 e. The van der Waals surface area contributed by atoms with Crippen molar-refractivity contribution in [3.05, 3.63) is 66.1 Å². The molecular weight excluding hydrogens is 405 g/mol. The summed E-state index contributed by atoms with van der Waals surface area (Å²) in [6.07, 6.45) is 2.37. The van der Waals surface area contributed by atoms with Crippen LogP contribution in [0.15, 0.2) is 59.4 Å². The van der Waals surface area contributed by atoms with Gasteiger partial charge in [0.2, 0.25) is 18.2 Å². The monoisotopic (exact) mass is 418 g/mol. The Bertz CT molecular complexity index is 1120. The van der Waals surface area contributed by atoms with Gasteiger partial charge in [-0.3, -0.25) is 9.82 Å². The molecule has 3 heterocycles. The number of hydrogen-bond acceptors (Lipinski definition) is 8. The van der Waals surface area contributed by atoms with Gasteiger partial charge in [-0.2, -0.15) is 0 Å². The normalized spacial score (nSPS) is 20.0. The van der Waals surface area contributed by atoms with Gasteiger partial charge in [0.05, 0.1) is 11.8 Å². The lowest BCUT2D eigenvalue weighted by Gasteiger charge is -2.20. The minimum atomic E-state index is -4.74. The predicted octanol–water partition coefficient (Wildman–Crippen LogP) is 3.63. The van der Waals surface area contributed by atoms with E-state index >= 15 is 0 Å². The number of ether oxygens (including phenoxy) is 2. The molecule has 1 aliphatic carbocycles. The Kier molecular flexibility index (Phi) is 4.13. The highest BCUT2D eigenvalue weighted by molar-refractivity contribution is 5.53. The first-order valence-corrected chi connectivity index (χ1v) is 8.86. The van der Waals surface area contributed by atoms with Crippen LogP contribution < -0.4 is 15.0 Å². The summed E-state index contributed by atoms with van der Waals surface area (Å²) in [7, 11) is 0. The van der Waals surface area contributed by atoms with Gasteiger partial charge in [0.15, 0.2) is 0 Å². The molecule has 0 saturated carbocycles. The highest BCUT2D eigenvalue weighted by Crippen LogP contribution is 2.45. The van der Waals surface area contributed by atoms with Crippen LogP contribution in [0.5, 0.6) is 11.5 Å². The van der Waals surface area contributed by atoms with E-state index in [2.05, 4.69) is 25.4 Å². The Morgan fingerprint density at radius 3 is 2.83 bits per heavy atom. The molecule has 154 valence electrons. The van der Waals surface area contributed by atoms with Crippen molar-refractivity contribution in [3.63, 3.8) is 0 Å². The lowest BCUT2D eigenvalue weighted by Crippen LogP contribution is -2.24. The third-order valence-corrected chi connectivity index (χ3v) is 4.78. The molecule has 5 rings (SSSR count). The SMILES string of the molecule is FC(F)(F)Oc1ccc2c(c1)CCC21C=C(Oc2cncc(-c3nnco3)c2)NO1. The molecule has 1 unspecified atom stereocenters. The summed E-state index contributed by atoms with van der Waals surface area (Å²) in [5.41, 5.74) is 3.96. The number of rotatable bonds is 4. The van der Waals surface area contributed by atoms with Crippen molar-refractivity contribution in [3.8, 4) is 23.0 Å². The molecule has 1 N–H and O–H groups in total. The van der Waals surface area contributed by atoms with Crippen LogP contribution in [0.1, 0.15) is 17.5 Å². The number of pyridine rings is 1. The Hall–Kier alpha value is -3.60. The fourth-order valence-electron chi connectivity index (χ4n) is 3.58. The van der Waals surface area contributed by atoms with E-state index in [4.69, 9.17) is 14.0 Å². The summed E-state index contributed by atoms with van der Waals surface area (Å²) in [5, 5.41) is 7.45. The zero-order valence-electron chi connectivity index (χ0n) is 15.1. The van der Waals surface area contributed by atoms with Crippen molar-refractivity contribution in [2.45, 2.75) is 24.8 Å². The van der Waals surface area contributed by atoms with Gasteiger partial charge in [-0.1, -0.05) is 6.07 Å². The van der Waals surface area contributed by atoms with Gasteiger partial charge in [-0.05, 0) is 42.2 Å². The zero-order valence-corrected chi connectivity index (χ0v) is 15.1. The lowest BCUT2D eigenvalue weighted by atomic mass is 9.96. The molecule has 0 fully saturated rings. The van der Waals surface area contributed by atoms with Crippen LogP contribution in [0, 0.1) is 0 Å². The van der Waals surface area contributed by atoms with E-state index in [9.17, 15) is 13.2 Å². The van der Waals surface area contributed by atoms with Crippen LogP contribution >= 0.6 is 0 Å². The zero-order chi connectivity index (χ0) is 20.8. The molecule has 3 aromatic rings. The van der Waals surface area contributed by atoms with Gasteiger partial charge in [0.25, 0.3) is 0 Å². The molecule has 1 spiro atoms. The van der Waals surface area contributed by atoms with Crippen LogP contribution in [0.3, 0.4) is 0 Å². The summed E-state index contributed by atoms with van der Waals surface area (Å²) in [5.74, 6) is 0.796. The highest BCUT2D eigenvalue weighted by Gasteiger charge is 2.44. The molecule has 0 bridgehead atoms. The average molecular weight is 418 g/mol. The molecule has 0 radical (unpaired) electrons. The van der Waals surface area contributed by atoms with Crippen molar-refractivity contribution in [1.29, 1.82) is 0 Å². The van der Waals surface area contributed by atoms with E-state index in [1.165, 1.54) is 24.7 Å². The molecule has 30 heavy (non-hydrogen) atoms. The molecule has 8 nitrogen and oxygen atoms in total. The van der Waals surface area contributed by atoms with Crippen LogP contribution in [-0.4, -0.2) is 21.5 Å². The second-order valence-electron chi connectivity index (χ2n) is 6.72. The van der Waals surface area contributed by atoms with Crippen LogP contribution in [0.4, 0.5) is 13.2 Å². The topological polar surface area (TPSA) is 91.5 Å². The molecule has 1 aromatic carbocycles. The quantitative estimate of drug-likeness (QED) is 0.687. The summed E-state index contributed by atoms with van der Waals surface area (Å²) in [6, 6.07) is 5.90. The molecule has 2 aromatic heterocycles. The minimum Gasteiger partial charge on any atom is -0.438 e. The van der Waals surface area contributed by atoms with Gasteiger partial charge in [-0.25, -0.2) is 5.48 Å². The number of hydrogen-bond donors (Lipinski definition) is 1. The lowest BCUT2D eigenvalue weighted by molar-refractivity contribution is -0.274. The minimum absolute atomic E-state index is 0.256. The standard InChI is InChI=1S/C19H13F3N4O4/c20-19(21,22)29-13-1-2-15-11(5-13)3-4-18(15)7-16(26-30-18)28-14-6-12(8-23-9-14)17-25-24-10-27-17/h1-2,5-10,26H,3-4H2. The van der Waals surface area contributed by atoms with Crippen molar-refractivity contribution >= 4 is 0 Å². The Morgan fingerprint density at radius 2 is 2.03 bits per heavy atom. The highest BCUT2D eigenvalue weighted by atomic mass is 19.4. The number of fused-ring (bicyclic) bond motifs is 2. The van der Waals surface area contributed by atoms with Crippen molar-refractivity contribution in [2.75, 3.05) is 0 Å². The summed E-state index contributed by atoms with van der Waals surface area (Å²) < 4.78 is 52.3. The van der Waals surface area contributed by atoms with Gasteiger partial charge >= 0.3 is 6.36 Å². The van der Waals surface area contributed by atoms with Crippen molar-refractivity contribution in [1.82, 2.24) is 20.7 Å². The number of nitrogens with one attached hydrogen (secondary N) is 1. The maximum absolute atomic E-state index is 12.5.